The third-order valence-electron chi connectivity index (χ3n) is 5.77. The highest BCUT2D eigenvalue weighted by Crippen LogP contribution is 2.42. The number of H-pyrrole nitrogens is 1. The van der Waals surface area contributed by atoms with Crippen LogP contribution in [0.4, 0.5) is 22.0 Å². The first-order valence-corrected chi connectivity index (χ1v) is 11.0. The molecule has 0 bridgehead atoms. The maximum Gasteiger partial charge on any atom is 0.426 e. The lowest BCUT2D eigenvalue weighted by atomic mass is 9.94. The van der Waals surface area contributed by atoms with Gasteiger partial charge in [0.05, 0.1) is 29.6 Å². The smallest absolute Gasteiger partial charge is 0.426 e. The minimum atomic E-state index is -4.95. The van der Waals surface area contributed by atoms with Crippen LogP contribution < -0.4 is 4.74 Å². The number of halogens is 5. The normalized spacial score (nSPS) is 12.6. The third kappa shape index (κ3) is 5.26. The van der Waals surface area contributed by atoms with E-state index >= 15 is 0 Å². The van der Waals surface area contributed by atoms with Gasteiger partial charge in [0.2, 0.25) is 0 Å². The van der Waals surface area contributed by atoms with Crippen molar-refractivity contribution in [3.8, 4) is 28.1 Å². The molecule has 36 heavy (non-hydrogen) atoms. The molecule has 4 aromatic rings. The van der Waals surface area contributed by atoms with E-state index in [1.807, 2.05) is 18.2 Å². The van der Waals surface area contributed by atoms with Gasteiger partial charge in [-0.15, -0.1) is 0 Å². The van der Waals surface area contributed by atoms with Gasteiger partial charge in [-0.1, -0.05) is 56.3 Å². The van der Waals surface area contributed by atoms with Crippen molar-refractivity contribution >= 4 is 0 Å². The maximum atomic E-state index is 14.9. The van der Waals surface area contributed by atoms with Crippen LogP contribution >= 0.6 is 0 Å². The second-order valence-electron chi connectivity index (χ2n) is 8.96. The predicted molar refractivity (Wildman–Crippen MR) is 126 cm³/mol. The summed E-state index contributed by atoms with van der Waals surface area (Å²) in [7, 11) is 0. The summed E-state index contributed by atoms with van der Waals surface area (Å²) in [6, 6.07) is 17.1. The van der Waals surface area contributed by atoms with E-state index in [0.717, 1.165) is 29.8 Å². The molecule has 188 valence electrons. The quantitative estimate of drug-likeness (QED) is 0.264. The number of aliphatic hydroxyl groups excluding tert-OH is 1. The maximum absolute atomic E-state index is 14.9. The molecule has 0 unspecified atom stereocenters. The summed E-state index contributed by atoms with van der Waals surface area (Å²) in [6.07, 6.45) is -7.64. The average Bonchev–Trinajstić information content (AvgIpc) is 3.35. The standard InChI is InChI=1S/C27H23F5N2O2/c1-25(2,16-35)24-33-15-22(34-24)19-10-13-23(21(14-19)26(28,29)30)36-27(31,32)20-11-8-18(9-12-20)17-6-4-3-5-7-17/h3-15,35H,16H2,1-2H3,(H,33,34). The number of nitrogens with one attached hydrogen (secondary N) is 1. The number of rotatable bonds is 7. The van der Waals surface area contributed by atoms with Crippen molar-refractivity contribution in [1.29, 1.82) is 0 Å². The minimum absolute atomic E-state index is 0.0812. The number of aromatic amines is 1. The second-order valence-corrected chi connectivity index (χ2v) is 8.96. The molecule has 0 aliphatic heterocycles. The molecule has 0 spiro atoms. The molecule has 0 saturated carbocycles. The Morgan fingerprint density at radius 2 is 1.44 bits per heavy atom. The Morgan fingerprint density at radius 3 is 2.06 bits per heavy atom. The fraction of sp³-hybridized carbons (Fsp3) is 0.222. The number of aliphatic hydroxyl groups is 1. The number of alkyl halides is 5. The van der Waals surface area contributed by atoms with Gasteiger partial charge >= 0.3 is 12.3 Å². The van der Waals surface area contributed by atoms with E-state index in [2.05, 4.69) is 14.7 Å². The molecular formula is C27H23F5N2O2. The van der Waals surface area contributed by atoms with Crippen molar-refractivity contribution in [3.05, 3.63) is 95.9 Å². The average molecular weight is 502 g/mol. The van der Waals surface area contributed by atoms with Gasteiger partial charge in [0.15, 0.2) is 0 Å². The van der Waals surface area contributed by atoms with Crippen LogP contribution in [0.25, 0.3) is 22.4 Å². The Morgan fingerprint density at radius 1 is 0.833 bits per heavy atom. The first kappa shape index (κ1) is 25.4. The van der Waals surface area contributed by atoms with Gasteiger partial charge in [-0.05, 0) is 41.5 Å². The molecule has 0 atom stereocenters. The zero-order valence-electron chi connectivity index (χ0n) is 19.4. The number of aromatic nitrogens is 2. The largest absolute Gasteiger partial charge is 0.428 e. The number of nitrogens with zero attached hydrogens (tertiary/aromatic N) is 1. The highest BCUT2D eigenvalue weighted by atomic mass is 19.4. The Kier molecular flexibility index (Phi) is 6.62. The van der Waals surface area contributed by atoms with Gasteiger partial charge in [0.1, 0.15) is 11.6 Å². The summed E-state index contributed by atoms with van der Waals surface area (Å²) >= 11 is 0. The lowest BCUT2D eigenvalue weighted by Gasteiger charge is -2.22. The first-order chi connectivity index (χ1) is 16.9. The zero-order valence-corrected chi connectivity index (χ0v) is 19.4. The van der Waals surface area contributed by atoms with Crippen molar-refractivity contribution in [3.63, 3.8) is 0 Å². The van der Waals surface area contributed by atoms with Crippen molar-refractivity contribution in [2.45, 2.75) is 31.5 Å². The SMILES string of the molecule is CC(C)(CO)c1ncc(-c2ccc(OC(F)(F)c3ccc(-c4ccccc4)cc3)c(C(F)(F)F)c2)[nH]1. The lowest BCUT2D eigenvalue weighted by Crippen LogP contribution is -2.24. The highest BCUT2D eigenvalue weighted by Gasteiger charge is 2.40. The van der Waals surface area contributed by atoms with Crippen LogP contribution in [0.15, 0.2) is 79.0 Å². The number of imidazole rings is 1. The Hall–Kier alpha value is -3.72. The molecule has 0 amide bonds. The van der Waals surface area contributed by atoms with E-state index in [0.29, 0.717) is 11.4 Å². The zero-order chi connectivity index (χ0) is 26.1. The molecule has 0 saturated heterocycles. The van der Waals surface area contributed by atoms with Crippen LogP contribution in [0.2, 0.25) is 0 Å². The topological polar surface area (TPSA) is 58.1 Å². The summed E-state index contributed by atoms with van der Waals surface area (Å²) in [6.45, 7) is 3.19. The summed E-state index contributed by atoms with van der Waals surface area (Å²) in [5.74, 6) is -0.627. The summed E-state index contributed by atoms with van der Waals surface area (Å²) in [4.78, 5) is 7.01. The summed E-state index contributed by atoms with van der Waals surface area (Å²) in [5, 5.41) is 9.49. The van der Waals surface area contributed by atoms with Crippen LogP contribution in [0.1, 0.15) is 30.8 Å². The van der Waals surface area contributed by atoms with Crippen molar-refractivity contribution in [2.75, 3.05) is 6.61 Å². The van der Waals surface area contributed by atoms with E-state index < -0.39 is 34.6 Å². The van der Waals surface area contributed by atoms with Crippen LogP contribution in [-0.2, 0) is 17.7 Å². The Balaban J connectivity index is 1.64. The van der Waals surface area contributed by atoms with Crippen molar-refractivity contribution in [1.82, 2.24) is 9.97 Å². The van der Waals surface area contributed by atoms with Crippen LogP contribution in [0, 0.1) is 0 Å². The van der Waals surface area contributed by atoms with Crippen molar-refractivity contribution < 1.29 is 31.8 Å². The molecule has 0 aliphatic carbocycles. The molecule has 0 fully saturated rings. The van der Waals surface area contributed by atoms with Gasteiger partial charge in [0.25, 0.3) is 0 Å². The molecular weight excluding hydrogens is 479 g/mol. The molecule has 0 aliphatic rings. The van der Waals surface area contributed by atoms with Crippen LogP contribution in [-0.4, -0.2) is 21.7 Å². The molecule has 3 aromatic carbocycles. The molecule has 9 heteroatoms. The van der Waals surface area contributed by atoms with Gasteiger partial charge in [-0.3, -0.25) is 0 Å². The van der Waals surface area contributed by atoms with Gasteiger partial charge in [-0.2, -0.15) is 22.0 Å². The number of hydrogen-bond donors (Lipinski definition) is 2. The van der Waals surface area contributed by atoms with Crippen LogP contribution in [0.5, 0.6) is 5.75 Å². The van der Waals surface area contributed by atoms with E-state index in [4.69, 9.17) is 0 Å². The molecule has 4 rings (SSSR count). The van der Waals surface area contributed by atoms with Crippen LogP contribution in [0.3, 0.4) is 0 Å². The second kappa shape index (κ2) is 9.39. The van der Waals surface area contributed by atoms with Gasteiger partial charge in [-0.25, -0.2) is 4.98 Å². The molecule has 1 aromatic heterocycles. The number of benzene rings is 3. The number of hydrogen-bond acceptors (Lipinski definition) is 3. The fourth-order valence-corrected chi connectivity index (χ4v) is 3.58. The molecule has 0 radical (unpaired) electrons. The van der Waals surface area contributed by atoms with Gasteiger partial charge < -0.3 is 14.8 Å². The fourth-order valence-electron chi connectivity index (χ4n) is 3.58. The summed E-state index contributed by atoms with van der Waals surface area (Å²) < 4.78 is 76.0. The minimum Gasteiger partial charge on any atom is -0.428 e. The molecule has 1 heterocycles. The Labute approximate surface area is 204 Å². The molecule has 2 N–H and O–H groups in total. The Bertz CT molecular complexity index is 1330. The van der Waals surface area contributed by atoms with E-state index in [1.54, 1.807) is 26.0 Å². The predicted octanol–water partition coefficient (Wildman–Crippen LogP) is 7.16. The van der Waals surface area contributed by atoms with E-state index in [9.17, 15) is 27.1 Å². The van der Waals surface area contributed by atoms with Gasteiger partial charge in [0, 0.05) is 11.0 Å². The first-order valence-electron chi connectivity index (χ1n) is 11.0. The third-order valence-corrected chi connectivity index (χ3v) is 5.77. The van der Waals surface area contributed by atoms with E-state index in [-0.39, 0.29) is 17.9 Å². The lowest BCUT2D eigenvalue weighted by molar-refractivity contribution is -0.191. The van der Waals surface area contributed by atoms with Crippen molar-refractivity contribution in [2.24, 2.45) is 0 Å². The summed E-state index contributed by atoms with van der Waals surface area (Å²) in [5.41, 5.74) is -0.857. The molecule has 4 nitrogen and oxygen atoms in total. The highest BCUT2D eigenvalue weighted by molar-refractivity contribution is 5.64. The number of ether oxygens (including phenoxy) is 1. The monoisotopic (exact) mass is 502 g/mol. The van der Waals surface area contributed by atoms with E-state index in [1.165, 1.54) is 24.4 Å².